The third-order valence-corrected chi connectivity index (χ3v) is 6.59. The van der Waals surface area contributed by atoms with Crippen molar-refractivity contribution >= 4 is 40.4 Å². The summed E-state index contributed by atoms with van der Waals surface area (Å²) < 4.78 is 9.02. The highest BCUT2D eigenvalue weighted by atomic mass is 32.2. The van der Waals surface area contributed by atoms with Crippen LogP contribution < -0.4 is 0 Å². The van der Waals surface area contributed by atoms with Gasteiger partial charge in [0.15, 0.2) is 0 Å². The minimum Gasteiger partial charge on any atom is -0.302 e. The Morgan fingerprint density at radius 2 is 2.14 bits per heavy atom. The monoisotopic (exact) mass is 337 g/mol. The third-order valence-electron chi connectivity index (χ3n) is 3.52. The van der Waals surface area contributed by atoms with E-state index in [0.29, 0.717) is 0 Å². The first-order valence-corrected chi connectivity index (χ1v) is 9.70. The minimum atomic E-state index is 0.984. The Bertz CT molecular complexity index is 630. The number of aromatic nitrogens is 2. The van der Waals surface area contributed by atoms with E-state index < -0.39 is 0 Å². The van der Waals surface area contributed by atoms with Crippen LogP contribution >= 0.6 is 34.8 Å². The van der Waals surface area contributed by atoms with Crippen molar-refractivity contribution in [3.8, 4) is 0 Å². The Morgan fingerprint density at radius 1 is 1.29 bits per heavy atom. The Kier molecular flexibility index (Phi) is 5.11. The summed E-state index contributed by atoms with van der Waals surface area (Å²) in [7, 11) is 2.16. The second kappa shape index (κ2) is 7.05. The van der Waals surface area contributed by atoms with Gasteiger partial charge >= 0.3 is 0 Å². The predicted octanol–water partition coefficient (Wildman–Crippen LogP) is 4.17. The molecule has 0 N–H and O–H groups in total. The summed E-state index contributed by atoms with van der Waals surface area (Å²) >= 11 is 5.05. The van der Waals surface area contributed by atoms with Crippen molar-refractivity contribution in [3.05, 3.63) is 33.7 Å². The van der Waals surface area contributed by atoms with Crippen LogP contribution in [0.3, 0.4) is 0 Å². The van der Waals surface area contributed by atoms with Crippen molar-refractivity contribution in [2.45, 2.75) is 30.5 Å². The van der Waals surface area contributed by atoms with Gasteiger partial charge in [-0.25, -0.2) is 0 Å². The lowest BCUT2D eigenvalue weighted by molar-refractivity contribution is 0.372. The molecule has 0 saturated heterocycles. The summed E-state index contributed by atoms with van der Waals surface area (Å²) in [5, 5.41) is 1.09. The Hall–Kier alpha value is -0.690. The van der Waals surface area contributed by atoms with Crippen LogP contribution in [0.15, 0.2) is 23.2 Å². The standard InChI is InChI=1S/C15H19N3S3/c1-3-12-6-7-13(20-12)10-19-15-14(16-21-17-15)11-5-4-8-18(2)9-11/h5-7H,3-4,8-10H2,1-2H3. The molecule has 21 heavy (non-hydrogen) atoms. The van der Waals surface area contributed by atoms with Crippen LogP contribution in [0.2, 0.25) is 0 Å². The highest BCUT2D eigenvalue weighted by Gasteiger charge is 2.17. The van der Waals surface area contributed by atoms with E-state index in [2.05, 4.69) is 45.8 Å². The summed E-state index contributed by atoms with van der Waals surface area (Å²) in [4.78, 5) is 5.22. The average molecular weight is 338 g/mol. The first-order chi connectivity index (χ1) is 10.3. The molecule has 0 amide bonds. The van der Waals surface area contributed by atoms with Crippen LogP contribution in [-0.2, 0) is 12.2 Å². The fraction of sp³-hybridized carbons (Fsp3) is 0.467. The summed E-state index contributed by atoms with van der Waals surface area (Å²) in [6.07, 6.45) is 4.55. The van der Waals surface area contributed by atoms with E-state index in [1.165, 1.54) is 27.1 Å². The summed E-state index contributed by atoms with van der Waals surface area (Å²) in [5.41, 5.74) is 2.43. The van der Waals surface area contributed by atoms with Gasteiger partial charge in [-0.15, -0.1) is 11.3 Å². The van der Waals surface area contributed by atoms with Crippen molar-refractivity contribution < 1.29 is 0 Å². The van der Waals surface area contributed by atoms with Crippen LogP contribution in [0.4, 0.5) is 0 Å². The molecule has 112 valence electrons. The normalized spacial score (nSPS) is 16.2. The van der Waals surface area contributed by atoms with Gasteiger partial charge in [0.25, 0.3) is 0 Å². The quantitative estimate of drug-likeness (QED) is 0.766. The van der Waals surface area contributed by atoms with Crippen molar-refractivity contribution in [1.29, 1.82) is 0 Å². The predicted molar refractivity (Wildman–Crippen MR) is 93.3 cm³/mol. The summed E-state index contributed by atoms with van der Waals surface area (Å²) in [5.74, 6) is 0.992. The van der Waals surface area contributed by atoms with Gasteiger partial charge < -0.3 is 4.90 Å². The molecule has 1 aliphatic rings. The Labute approximate surface area is 138 Å². The molecule has 3 heterocycles. The lowest BCUT2D eigenvalue weighted by Gasteiger charge is -2.22. The SMILES string of the molecule is CCc1ccc(CSc2nsnc2C2=CCCN(C)C2)s1. The van der Waals surface area contributed by atoms with Gasteiger partial charge in [0.05, 0.1) is 11.7 Å². The van der Waals surface area contributed by atoms with E-state index in [-0.39, 0.29) is 0 Å². The van der Waals surface area contributed by atoms with Crippen molar-refractivity contribution in [2.24, 2.45) is 0 Å². The highest BCUT2D eigenvalue weighted by Crippen LogP contribution is 2.32. The first-order valence-electron chi connectivity index (χ1n) is 7.17. The summed E-state index contributed by atoms with van der Waals surface area (Å²) in [6.45, 7) is 4.33. The molecule has 3 nitrogen and oxygen atoms in total. The van der Waals surface area contributed by atoms with Gasteiger partial charge in [-0.05, 0) is 37.6 Å². The van der Waals surface area contributed by atoms with E-state index in [4.69, 9.17) is 0 Å². The van der Waals surface area contributed by atoms with Crippen molar-refractivity contribution in [3.63, 3.8) is 0 Å². The molecule has 0 spiro atoms. The number of hydrogen-bond acceptors (Lipinski definition) is 6. The van der Waals surface area contributed by atoms with Gasteiger partial charge in [0.2, 0.25) is 0 Å². The molecule has 2 aromatic rings. The zero-order chi connectivity index (χ0) is 14.7. The Morgan fingerprint density at radius 3 is 2.90 bits per heavy atom. The van der Waals surface area contributed by atoms with Crippen LogP contribution in [0.5, 0.6) is 0 Å². The second-order valence-electron chi connectivity index (χ2n) is 5.18. The van der Waals surface area contributed by atoms with E-state index in [1.807, 2.05) is 23.1 Å². The second-order valence-corrected chi connectivity index (χ2v) is 7.93. The number of thioether (sulfide) groups is 1. The zero-order valence-corrected chi connectivity index (χ0v) is 14.8. The van der Waals surface area contributed by atoms with Gasteiger partial charge in [-0.3, -0.25) is 0 Å². The summed E-state index contributed by atoms with van der Waals surface area (Å²) in [6, 6.07) is 4.48. The third kappa shape index (κ3) is 3.74. The van der Waals surface area contributed by atoms with Gasteiger partial charge in [0.1, 0.15) is 10.7 Å². The molecule has 0 aliphatic carbocycles. The number of aryl methyl sites for hydroxylation is 1. The smallest absolute Gasteiger partial charge is 0.138 e. The number of rotatable bonds is 5. The molecule has 1 aliphatic heterocycles. The molecule has 0 unspecified atom stereocenters. The lowest BCUT2D eigenvalue weighted by atomic mass is 10.1. The fourth-order valence-corrected chi connectivity index (χ4v) is 5.08. The maximum atomic E-state index is 4.53. The number of hydrogen-bond donors (Lipinski definition) is 0. The highest BCUT2D eigenvalue weighted by molar-refractivity contribution is 7.98. The molecule has 0 fully saturated rings. The molecule has 3 rings (SSSR count). The molecule has 2 aromatic heterocycles. The minimum absolute atomic E-state index is 0.984. The van der Waals surface area contributed by atoms with E-state index >= 15 is 0 Å². The van der Waals surface area contributed by atoms with Crippen LogP contribution in [0, 0.1) is 0 Å². The van der Waals surface area contributed by atoms with E-state index in [0.717, 1.165) is 42.4 Å². The van der Waals surface area contributed by atoms with Crippen LogP contribution in [0.1, 0.15) is 28.8 Å². The molecule has 0 aromatic carbocycles. The number of thiophene rings is 1. The molecule has 0 radical (unpaired) electrons. The van der Waals surface area contributed by atoms with E-state index in [9.17, 15) is 0 Å². The molecular weight excluding hydrogens is 318 g/mol. The fourth-order valence-electron chi connectivity index (χ4n) is 2.37. The maximum Gasteiger partial charge on any atom is 0.138 e. The van der Waals surface area contributed by atoms with Crippen LogP contribution in [0.25, 0.3) is 5.57 Å². The number of likely N-dealkylation sites (N-methyl/N-ethyl adjacent to an activating group) is 1. The first kappa shape index (κ1) is 15.2. The molecule has 0 atom stereocenters. The number of nitrogens with zero attached hydrogens (tertiary/aromatic N) is 3. The Balaban J connectivity index is 1.69. The van der Waals surface area contributed by atoms with Crippen LogP contribution in [-0.4, -0.2) is 33.8 Å². The topological polar surface area (TPSA) is 29.0 Å². The largest absolute Gasteiger partial charge is 0.302 e. The zero-order valence-electron chi connectivity index (χ0n) is 12.3. The molecule has 0 bridgehead atoms. The molecule has 6 heteroatoms. The molecule has 0 saturated carbocycles. The van der Waals surface area contributed by atoms with Gasteiger partial charge in [0, 0.05) is 28.6 Å². The van der Waals surface area contributed by atoms with E-state index in [1.54, 1.807) is 0 Å². The average Bonchev–Trinajstić information content (AvgIpc) is 3.14. The van der Waals surface area contributed by atoms with Gasteiger partial charge in [-0.1, -0.05) is 24.8 Å². The lowest BCUT2D eigenvalue weighted by Crippen LogP contribution is -2.25. The van der Waals surface area contributed by atoms with Gasteiger partial charge in [-0.2, -0.15) is 8.75 Å². The molecular formula is C15H19N3S3. The van der Waals surface area contributed by atoms with Crippen molar-refractivity contribution in [1.82, 2.24) is 13.6 Å². The van der Waals surface area contributed by atoms with Crippen molar-refractivity contribution in [2.75, 3.05) is 20.1 Å². The maximum absolute atomic E-state index is 4.53.